The lowest BCUT2D eigenvalue weighted by Crippen LogP contribution is -2.52. The second kappa shape index (κ2) is 13.3. The number of para-hydroxylation sites is 1. The zero-order chi connectivity index (χ0) is 32.5. The van der Waals surface area contributed by atoms with E-state index in [9.17, 15) is 27.6 Å². The molecule has 244 valence electrons. The van der Waals surface area contributed by atoms with Gasteiger partial charge in [0.15, 0.2) is 6.10 Å². The number of anilines is 2. The van der Waals surface area contributed by atoms with E-state index in [0.29, 0.717) is 45.3 Å². The Balaban J connectivity index is 1.28. The van der Waals surface area contributed by atoms with Gasteiger partial charge in [-0.15, -0.1) is 0 Å². The molecule has 45 heavy (non-hydrogen) atoms. The highest BCUT2D eigenvalue weighted by Gasteiger charge is 2.38. The van der Waals surface area contributed by atoms with Gasteiger partial charge in [-0.3, -0.25) is 4.79 Å². The summed E-state index contributed by atoms with van der Waals surface area (Å²) in [6, 6.07) is 9.70. The third-order valence-corrected chi connectivity index (χ3v) is 9.28. The fourth-order valence-electron chi connectivity index (χ4n) is 6.30. The van der Waals surface area contributed by atoms with Crippen molar-refractivity contribution in [2.24, 2.45) is 0 Å². The van der Waals surface area contributed by atoms with E-state index < -0.39 is 35.5 Å². The van der Waals surface area contributed by atoms with Crippen LogP contribution in [0.15, 0.2) is 36.4 Å². The summed E-state index contributed by atoms with van der Waals surface area (Å²) in [6.45, 7) is 1.89. The highest BCUT2D eigenvalue weighted by atomic mass is 35.5. The normalized spacial score (nSPS) is 18.9. The molecule has 3 aliphatic rings. The minimum atomic E-state index is -4.76. The summed E-state index contributed by atoms with van der Waals surface area (Å²) < 4.78 is 46.8. The van der Waals surface area contributed by atoms with E-state index in [1.54, 1.807) is 9.80 Å². The van der Waals surface area contributed by atoms with Gasteiger partial charge < -0.3 is 35.4 Å². The Morgan fingerprint density at radius 3 is 2.36 bits per heavy atom. The van der Waals surface area contributed by atoms with Crippen LogP contribution < -0.4 is 11.1 Å². The molecule has 5 rings (SSSR count). The molecule has 0 radical (unpaired) electrons. The number of nitrogens with two attached hydrogens (primary N) is 1. The van der Waals surface area contributed by atoms with Gasteiger partial charge in [-0.1, -0.05) is 29.8 Å². The highest BCUT2D eigenvalue weighted by molar-refractivity contribution is 6.33. The summed E-state index contributed by atoms with van der Waals surface area (Å²) in [5, 5.41) is 2.62. The molecule has 1 atom stereocenters. The van der Waals surface area contributed by atoms with Crippen molar-refractivity contribution in [1.29, 1.82) is 0 Å². The van der Waals surface area contributed by atoms with Crippen molar-refractivity contribution in [1.82, 2.24) is 19.6 Å². The first kappa shape index (κ1) is 32.7. The first-order valence-electron chi connectivity index (χ1n) is 15.0. The van der Waals surface area contributed by atoms with Gasteiger partial charge in [0.05, 0.1) is 16.3 Å². The molecular formula is C31H38ClF3N6O4. The van der Waals surface area contributed by atoms with Crippen LogP contribution >= 0.6 is 11.6 Å². The largest absolute Gasteiger partial charge is 0.436 e. The second-order valence-corrected chi connectivity index (χ2v) is 12.5. The minimum Gasteiger partial charge on any atom is -0.436 e. The van der Waals surface area contributed by atoms with Gasteiger partial charge >= 0.3 is 18.3 Å². The van der Waals surface area contributed by atoms with Gasteiger partial charge in [-0.2, -0.15) is 13.2 Å². The molecule has 3 aliphatic heterocycles. The maximum absolute atomic E-state index is 13.7. The van der Waals surface area contributed by atoms with Crippen molar-refractivity contribution < 1.29 is 32.3 Å². The standard InChI is InChI=1S/C31H38ClF3N6O4/c1-38(2)21-7-11-39(12-8-21)28(42)26(17-19-15-23(31(33,34)35)27(36)24(32)16-19)45-30(44)40-13-9-22(10-14-40)41-18-20-5-3-4-6-25(20)37-29(41)43/h3-6,15-16,21-22,26H,7-14,17-18,36H2,1-2H3,(H,37,43)/t26-/m1/s1. The van der Waals surface area contributed by atoms with Crippen LogP contribution in [0, 0.1) is 0 Å². The number of rotatable bonds is 6. The maximum atomic E-state index is 13.7. The molecule has 0 aliphatic carbocycles. The number of fused-ring (bicyclic) bond motifs is 1. The number of amides is 4. The SMILES string of the molecule is CN(C)C1CCN(C(=O)[C@@H](Cc2cc(Cl)c(N)c(C(F)(F)F)c2)OC(=O)N2CCC(N3Cc4ccccc4NC3=O)CC2)CC1. The lowest BCUT2D eigenvalue weighted by Gasteiger charge is -2.40. The Morgan fingerprint density at radius 2 is 1.71 bits per heavy atom. The molecule has 2 aromatic carbocycles. The Bertz CT molecular complexity index is 1420. The number of benzene rings is 2. The molecule has 4 amide bonds. The average molecular weight is 651 g/mol. The first-order valence-corrected chi connectivity index (χ1v) is 15.4. The molecule has 2 aromatic rings. The molecule has 0 bridgehead atoms. The van der Waals surface area contributed by atoms with Crippen molar-refractivity contribution in [2.75, 3.05) is 51.3 Å². The highest BCUT2D eigenvalue weighted by Crippen LogP contribution is 2.38. The summed E-state index contributed by atoms with van der Waals surface area (Å²) >= 11 is 6.05. The van der Waals surface area contributed by atoms with E-state index in [1.165, 1.54) is 11.0 Å². The Kier molecular flexibility index (Phi) is 9.68. The molecule has 2 saturated heterocycles. The number of piperidine rings is 2. The smallest absolute Gasteiger partial charge is 0.418 e. The first-order chi connectivity index (χ1) is 21.3. The molecule has 0 spiro atoms. The zero-order valence-corrected chi connectivity index (χ0v) is 26.0. The molecular weight excluding hydrogens is 613 g/mol. The van der Waals surface area contributed by atoms with Crippen molar-refractivity contribution in [3.63, 3.8) is 0 Å². The lowest BCUT2D eigenvalue weighted by molar-refractivity contribution is -0.142. The Morgan fingerprint density at radius 1 is 1.07 bits per heavy atom. The number of ether oxygens (including phenoxy) is 1. The third-order valence-electron chi connectivity index (χ3n) is 8.96. The zero-order valence-electron chi connectivity index (χ0n) is 25.3. The minimum absolute atomic E-state index is 0.0750. The van der Waals surface area contributed by atoms with E-state index in [-0.39, 0.29) is 48.2 Å². The molecule has 14 heteroatoms. The van der Waals surface area contributed by atoms with Crippen LogP contribution in [0.4, 0.5) is 34.1 Å². The number of hydrogen-bond donors (Lipinski definition) is 2. The number of urea groups is 1. The van der Waals surface area contributed by atoms with Gasteiger partial charge in [-0.05, 0) is 69.1 Å². The average Bonchev–Trinajstić information content (AvgIpc) is 3.01. The molecule has 0 saturated carbocycles. The third kappa shape index (κ3) is 7.41. The quantitative estimate of drug-likeness (QED) is 0.423. The van der Waals surface area contributed by atoms with Crippen LogP contribution in [0.5, 0.6) is 0 Å². The summed E-state index contributed by atoms with van der Waals surface area (Å²) in [4.78, 5) is 46.8. The van der Waals surface area contributed by atoms with Gasteiger partial charge in [0.2, 0.25) is 0 Å². The molecule has 0 aromatic heterocycles. The topological polar surface area (TPSA) is 111 Å². The monoisotopic (exact) mass is 650 g/mol. The number of halogens is 4. The fourth-order valence-corrected chi connectivity index (χ4v) is 6.54. The maximum Gasteiger partial charge on any atom is 0.418 e. The number of nitrogens with one attached hydrogen (secondary N) is 1. The molecule has 3 heterocycles. The second-order valence-electron chi connectivity index (χ2n) is 12.1. The van der Waals surface area contributed by atoms with E-state index >= 15 is 0 Å². The molecule has 2 fully saturated rings. The number of carbonyl (C=O) groups is 3. The Labute approximate surface area is 265 Å². The van der Waals surface area contributed by atoms with Crippen LogP contribution in [-0.2, 0) is 28.7 Å². The number of carbonyl (C=O) groups excluding carboxylic acids is 3. The van der Waals surface area contributed by atoms with Crippen LogP contribution in [0.3, 0.4) is 0 Å². The predicted octanol–water partition coefficient (Wildman–Crippen LogP) is 5.05. The van der Waals surface area contributed by atoms with Crippen molar-refractivity contribution >= 4 is 41.0 Å². The van der Waals surface area contributed by atoms with Gasteiger partial charge in [0.25, 0.3) is 5.91 Å². The number of nitrogens with zero attached hydrogens (tertiary/aromatic N) is 4. The number of alkyl halides is 3. The van der Waals surface area contributed by atoms with E-state index in [0.717, 1.165) is 17.3 Å². The fraction of sp³-hybridized carbons (Fsp3) is 0.516. The van der Waals surface area contributed by atoms with Crippen molar-refractivity contribution in [3.8, 4) is 0 Å². The predicted molar refractivity (Wildman–Crippen MR) is 164 cm³/mol. The van der Waals surface area contributed by atoms with Gasteiger partial charge in [0.1, 0.15) is 0 Å². The molecule has 3 N–H and O–H groups in total. The molecule has 0 unspecified atom stereocenters. The van der Waals surface area contributed by atoms with Crippen LogP contribution in [0.2, 0.25) is 5.02 Å². The van der Waals surface area contributed by atoms with Crippen LogP contribution in [0.25, 0.3) is 0 Å². The summed E-state index contributed by atoms with van der Waals surface area (Å²) in [7, 11) is 3.94. The Hall–Kier alpha value is -3.71. The van der Waals surface area contributed by atoms with E-state index in [1.807, 2.05) is 38.4 Å². The van der Waals surface area contributed by atoms with E-state index in [4.69, 9.17) is 22.1 Å². The van der Waals surface area contributed by atoms with Crippen LogP contribution in [-0.4, -0.2) is 96.1 Å². The number of nitrogen functional groups attached to an aromatic ring is 1. The summed E-state index contributed by atoms with van der Waals surface area (Å²) in [5.41, 5.74) is 5.76. The summed E-state index contributed by atoms with van der Waals surface area (Å²) in [5.74, 6) is -0.472. The number of likely N-dealkylation sites (tertiary alicyclic amines) is 2. The van der Waals surface area contributed by atoms with E-state index in [2.05, 4.69) is 10.2 Å². The van der Waals surface area contributed by atoms with Crippen molar-refractivity contribution in [2.45, 2.75) is 63.0 Å². The summed E-state index contributed by atoms with van der Waals surface area (Å²) in [6.07, 6.45) is -4.72. The van der Waals surface area contributed by atoms with Crippen LogP contribution in [0.1, 0.15) is 42.4 Å². The molecule has 10 nitrogen and oxygen atoms in total. The number of hydrogen-bond acceptors (Lipinski definition) is 6. The van der Waals surface area contributed by atoms with Gasteiger partial charge in [0, 0.05) is 56.9 Å². The lowest BCUT2D eigenvalue weighted by atomic mass is 10.00. The van der Waals surface area contributed by atoms with Gasteiger partial charge in [-0.25, -0.2) is 9.59 Å². The van der Waals surface area contributed by atoms with Crippen molar-refractivity contribution in [3.05, 3.63) is 58.1 Å².